The standard InChI is InChI=1S/C22H12O7/c1-27-11-7-3-5-9-13(11)19(25)21-15(17(9)23)16-18(24)10-6-4-8-12(28-2)14(10)20(26)22(16)29-21/h3-8H,1-2H3. The predicted octanol–water partition coefficient (Wildman–Crippen LogP) is 2.23. The summed E-state index contributed by atoms with van der Waals surface area (Å²) in [6.07, 6.45) is 0. The first-order chi connectivity index (χ1) is 14.0. The Kier molecular flexibility index (Phi) is 3.39. The highest BCUT2D eigenvalue weighted by atomic mass is 16.5. The maximum absolute atomic E-state index is 13.2. The van der Waals surface area contributed by atoms with Gasteiger partial charge in [-0.05, 0) is 12.1 Å². The van der Waals surface area contributed by atoms with Crippen molar-refractivity contribution in [3.63, 3.8) is 0 Å². The Balaban J connectivity index is 2.18. The molecule has 4 aromatic carbocycles. The molecule has 0 N–H and O–H groups in total. The number of hydrogen-bond acceptors (Lipinski definition) is 7. The monoisotopic (exact) mass is 388 g/mol. The summed E-state index contributed by atoms with van der Waals surface area (Å²) >= 11 is 0. The summed E-state index contributed by atoms with van der Waals surface area (Å²) in [5.74, 6) is 0.423. The molecule has 0 radical (unpaired) electrons. The number of fused-ring (bicyclic) bond motifs is 5. The lowest BCUT2D eigenvalue weighted by molar-refractivity contribution is 0.419. The summed E-state index contributed by atoms with van der Waals surface area (Å²) in [5.41, 5.74) is -3.01. The van der Waals surface area contributed by atoms with Crippen LogP contribution in [-0.4, -0.2) is 14.2 Å². The zero-order chi connectivity index (χ0) is 20.4. The first kappa shape index (κ1) is 17.1. The summed E-state index contributed by atoms with van der Waals surface area (Å²) in [4.78, 5) is 52.5. The molecule has 0 atom stereocenters. The van der Waals surface area contributed by atoms with Gasteiger partial charge in [0.2, 0.25) is 10.9 Å². The number of methoxy groups -OCH3 is 2. The molecule has 0 aliphatic rings. The van der Waals surface area contributed by atoms with Crippen LogP contribution in [-0.2, 0) is 0 Å². The maximum atomic E-state index is 13.2. The molecule has 5 rings (SSSR count). The van der Waals surface area contributed by atoms with Gasteiger partial charge in [-0.3, -0.25) is 19.2 Å². The first-order valence-corrected chi connectivity index (χ1v) is 8.69. The highest BCUT2D eigenvalue weighted by Crippen LogP contribution is 2.29. The minimum atomic E-state index is -0.613. The van der Waals surface area contributed by atoms with Gasteiger partial charge in [-0.1, -0.05) is 24.3 Å². The summed E-state index contributed by atoms with van der Waals surface area (Å²) in [5, 5.41) is -0.0680. The number of ether oxygens (including phenoxy) is 2. The van der Waals surface area contributed by atoms with Gasteiger partial charge in [-0.25, -0.2) is 0 Å². The molecule has 0 aliphatic carbocycles. The van der Waals surface area contributed by atoms with Crippen molar-refractivity contribution in [2.24, 2.45) is 0 Å². The van der Waals surface area contributed by atoms with E-state index in [-0.39, 0.29) is 55.0 Å². The van der Waals surface area contributed by atoms with E-state index in [0.717, 1.165) is 0 Å². The van der Waals surface area contributed by atoms with Crippen LogP contribution in [0, 0.1) is 0 Å². The minimum absolute atomic E-state index is 0.0496. The molecule has 0 aliphatic heterocycles. The largest absolute Gasteiger partial charge is 0.496 e. The van der Waals surface area contributed by atoms with E-state index < -0.39 is 21.7 Å². The van der Waals surface area contributed by atoms with Gasteiger partial charge in [0.05, 0.1) is 35.8 Å². The van der Waals surface area contributed by atoms with Gasteiger partial charge >= 0.3 is 0 Å². The van der Waals surface area contributed by atoms with Crippen molar-refractivity contribution in [3.8, 4) is 11.5 Å². The van der Waals surface area contributed by atoms with Crippen LogP contribution in [0.2, 0.25) is 0 Å². The van der Waals surface area contributed by atoms with E-state index in [1.807, 2.05) is 0 Å². The van der Waals surface area contributed by atoms with E-state index in [4.69, 9.17) is 13.9 Å². The summed E-state index contributed by atoms with van der Waals surface area (Å²) in [6, 6.07) is 9.21. The molecular weight excluding hydrogens is 376 g/mol. The second kappa shape index (κ2) is 5.75. The van der Waals surface area contributed by atoms with Crippen LogP contribution < -0.4 is 31.2 Å². The zero-order valence-electron chi connectivity index (χ0n) is 15.3. The van der Waals surface area contributed by atoms with Crippen molar-refractivity contribution >= 4 is 43.5 Å². The topological polar surface area (TPSA) is 99.9 Å². The normalized spacial score (nSPS) is 11.7. The Morgan fingerprint density at radius 1 is 0.586 bits per heavy atom. The molecule has 1 heterocycles. The van der Waals surface area contributed by atoms with Gasteiger partial charge in [-0.15, -0.1) is 0 Å². The van der Waals surface area contributed by atoms with Crippen molar-refractivity contribution in [2.45, 2.75) is 0 Å². The van der Waals surface area contributed by atoms with Crippen LogP contribution in [0.5, 0.6) is 11.5 Å². The molecule has 1 aromatic heterocycles. The van der Waals surface area contributed by atoms with Crippen molar-refractivity contribution in [1.29, 1.82) is 0 Å². The van der Waals surface area contributed by atoms with Crippen LogP contribution in [0.4, 0.5) is 0 Å². The minimum Gasteiger partial charge on any atom is -0.496 e. The smallest absolute Gasteiger partial charge is 0.233 e. The third-order valence-corrected chi connectivity index (χ3v) is 5.21. The molecule has 0 saturated heterocycles. The average molecular weight is 388 g/mol. The van der Waals surface area contributed by atoms with Crippen LogP contribution in [0.3, 0.4) is 0 Å². The molecule has 7 heteroatoms. The van der Waals surface area contributed by atoms with Crippen LogP contribution in [0.25, 0.3) is 43.5 Å². The van der Waals surface area contributed by atoms with Gasteiger partial charge in [0, 0.05) is 10.8 Å². The lowest BCUT2D eigenvalue weighted by Gasteiger charge is -2.04. The molecular formula is C22H12O7. The maximum Gasteiger partial charge on any atom is 0.233 e. The Bertz CT molecular complexity index is 1570. The SMILES string of the molecule is COc1cccc2c(=O)c3c(oc4c(=O)c5c(OC)cccc5c(=O)c43)c(=O)c12. The first-order valence-electron chi connectivity index (χ1n) is 8.69. The summed E-state index contributed by atoms with van der Waals surface area (Å²) in [6.45, 7) is 0. The van der Waals surface area contributed by atoms with E-state index in [0.29, 0.717) is 0 Å². The van der Waals surface area contributed by atoms with E-state index in [1.165, 1.54) is 26.4 Å². The van der Waals surface area contributed by atoms with Gasteiger partial charge < -0.3 is 13.9 Å². The summed E-state index contributed by atoms with van der Waals surface area (Å²) in [7, 11) is 2.76. The third kappa shape index (κ3) is 2.01. The molecule has 5 aromatic rings. The van der Waals surface area contributed by atoms with Crippen LogP contribution in [0.15, 0.2) is 60.0 Å². The van der Waals surface area contributed by atoms with E-state index in [1.54, 1.807) is 24.3 Å². The Labute approximate surface area is 161 Å². The van der Waals surface area contributed by atoms with E-state index in [9.17, 15) is 19.2 Å². The molecule has 29 heavy (non-hydrogen) atoms. The van der Waals surface area contributed by atoms with Gasteiger partial charge in [0.1, 0.15) is 11.5 Å². The van der Waals surface area contributed by atoms with E-state index in [2.05, 4.69) is 0 Å². The molecule has 7 nitrogen and oxygen atoms in total. The van der Waals surface area contributed by atoms with Gasteiger partial charge in [0.25, 0.3) is 0 Å². The molecule has 0 amide bonds. The lowest BCUT2D eigenvalue weighted by atomic mass is 10.0. The Morgan fingerprint density at radius 3 is 1.38 bits per heavy atom. The number of hydrogen-bond donors (Lipinski definition) is 0. The second-order valence-corrected chi connectivity index (χ2v) is 6.59. The van der Waals surface area contributed by atoms with Gasteiger partial charge in [-0.2, -0.15) is 0 Å². The Hall–Kier alpha value is -4.00. The quantitative estimate of drug-likeness (QED) is 0.457. The fourth-order valence-electron chi connectivity index (χ4n) is 3.93. The predicted molar refractivity (Wildman–Crippen MR) is 109 cm³/mol. The van der Waals surface area contributed by atoms with Crippen molar-refractivity contribution in [3.05, 3.63) is 77.3 Å². The highest BCUT2D eigenvalue weighted by molar-refractivity contribution is 6.14. The van der Waals surface area contributed by atoms with Crippen molar-refractivity contribution < 1.29 is 13.9 Å². The molecule has 0 bridgehead atoms. The molecule has 0 unspecified atom stereocenters. The summed E-state index contributed by atoms with van der Waals surface area (Å²) < 4.78 is 16.0. The molecule has 0 fully saturated rings. The molecule has 0 saturated carbocycles. The number of benzene rings is 4. The second-order valence-electron chi connectivity index (χ2n) is 6.59. The van der Waals surface area contributed by atoms with Gasteiger partial charge in [0.15, 0.2) is 22.0 Å². The van der Waals surface area contributed by atoms with Crippen LogP contribution in [0.1, 0.15) is 0 Å². The van der Waals surface area contributed by atoms with E-state index >= 15 is 0 Å². The number of rotatable bonds is 2. The average Bonchev–Trinajstić information content (AvgIpc) is 3.16. The third-order valence-electron chi connectivity index (χ3n) is 5.21. The highest BCUT2D eigenvalue weighted by Gasteiger charge is 2.25. The Morgan fingerprint density at radius 2 is 1.00 bits per heavy atom. The lowest BCUT2D eigenvalue weighted by Crippen LogP contribution is -2.15. The van der Waals surface area contributed by atoms with Crippen molar-refractivity contribution in [1.82, 2.24) is 0 Å². The molecule has 0 spiro atoms. The fourth-order valence-corrected chi connectivity index (χ4v) is 3.93. The number of furan rings is 1. The van der Waals surface area contributed by atoms with Crippen LogP contribution >= 0.6 is 0 Å². The molecule has 142 valence electrons. The zero-order valence-corrected chi connectivity index (χ0v) is 15.3. The van der Waals surface area contributed by atoms with Crippen molar-refractivity contribution in [2.75, 3.05) is 14.2 Å². The fraction of sp³-hybridized carbons (Fsp3) is 0.0909.